The summed E-state index contributed by atoms with van der Waals surface area (Å²) in [6.07, 6.45) is 3.27. The largest absolute Gasteiger partial charge is 0.486 e. The van der Waals surface area contributed by atoms with Crippen molar-refractivity contribution in [3.63, 3.8) is 0 Å². The van der Waals surface area contributed by atoms with Crippen LogP contribution in [0.5, 0.6) is 5.75 Å². The highest BCUT2D eigenvalue weighted by molar-refractivity contribution is 6.32. The predicted octanol–water partition coefficient (Wildman–Crippen LogP) is 2.35. The summed E-state index contributed by atoms with van der Waals surface area (Å²) < 4.78 is 11.4. The zero-order chi connectivity index (χ0) is 15.2. The SMILES string of the molecule is Clc1cc(CCN2CCNCC2)ccc1OC1CCCOC1. The molecule has 0 bridgehead atoms. The second-order valence-electron chi connectivity index (χ2n) is 6.06. The molecule has 1 unspecified atom stereocenters. The zero-order valence-electron chi connectivity index (χ0n) is 13.0. The molecule has 3 rings (SSSR count). The number of rotatable bonds is 5. The number of benzene rings is 1. The van der Waals surface area contributed by atoms with Gasteiger partial charge in [0.15, 0.2) is 0 Å². The van der Waals surface area contributed by atoms with Crippen molar-refractivity contribution in [3.05, 3.63) is 28.8 Å². The standard InChI is InChI=1S/C17H25ClN2O2/c18-16-12-14(5-8-20-9-6-19-7-10-20)3-4-17(16)22-15-2-1-11-21-13-15/h3-4,12,15,19H,1-2,5-11,13H2. The lowest BCUT2D eigenvalue weighted by atomic mass is 10.1. The molecule has 5 heteroatoms. The minimum Gasteiger partial charge on any atom is -0.486 e. The van der Waals surface area contributed by atoms with Crippen LogP contribution in [0.25, 0.3) is 0 Å². The topological polar surface area (TPSA) is 33.7 Å². The van der Waals surface area contributed by atoms with Crippen LogP contribution in [0.4, 0.5) is 0 Å². The van der Waals surface area contributed by atoms with Gasteiger partial charge in [-0.25, -0.2) is 0 Å². The molecular formula is C17H25ClN2O2. The Labute approximate surface area is 137 Å². The molecule has 0 radical (unpaired) electrons. The molecule has 0 saturated carbocycles. The van der Waals surface area contributed by atoms with Crippen molar-refractivity contribution < 1.29 is 9.47 Å². The van der Waals surface area contributed by atoms with Gasteiger partial charge in [0.25, 0.3) is 0 Å². The Hall–Kier alpha value is -0.810. The molecule has 4 nitrogen and oxygen atoms in total. The first-order chi connectivity index (χ1) is 10.8. The van der Waals surface area contributed by atoms with Crippen molar-refractivity contribution in [1.29, 1.82) is 0 Å². The van der Waals surface area contributed by atoms with Crippen LogP contribution in [0.15, 0.2) is 18.2 Å². The zero-order valence-corrected chi connectivity index (χ0v) is 13.8. The molecule has 122 valence electrons. The second-order valence-corrected chi connectivity index (χ2v) is 6.47. The highest BCUT2D eigenvalue weighted by Crippen LogP contribution is 2.28. The summed E-state index contributed by atoms with van der Waals surface area (Å²) in [4.78, 5) is 2.49. The molecule has 1 aromatic rings. The van der Waals surface area contributed by atoms with Gasteiger partial charge in [-0.3, -0.25) is 0 Å². The third kappa shape index (κ3) is 4.59. The third-order valence-electron chi connectivity index (χ3n) is 4.33. The lowest BCUT2D eigenvalue weighted by molar-refractivity contribution is 0.00747. The average molecular weight is 325 g/mol. The Morgan fingerprint density at radius 1 is 1.32 bits per heavy atom. The molecule has 2 heterocycles. The van der Waals surface area contributed by atoms with E-state index >= 15 is 0 Å². The first kappa shape index (κ1) is 16.1. The first-order valence-corrected chi connectivity index (χ1v) is 8.65. The normalized spacial score (nSPS) is 23.4. The summed E-state index contributed by atoms with van der Waals surface area (Å²) >= 11 is 6.38. The molecule has 0 aromatic heterocycles. The van der Waals surface area contributed by atoms with E-state index in [1.807, 2.05) is 12.1 Å². The molecule has 1 N–H and O–H groups in total. The minimum absolute atomic E-state index is 0.137. The Morgan fingerprint density at radius 2 is 2.18 bits per heavy atom. The van der Waals surface area contributed by atoms with Crippen molar-refractivity contribution in [3.8, 4) is 5.75 Å². The molecule has 0 amide bonds. The Bertz CT molecular complexity index is 472. The van der Waals surface area contributed by atoms with Gasteiger partial charge in [0.05, 0.1) is 11.6 Å². The molecule has 2 aliphatic heterocycles. The summed E-state index contributed by atoms with van der Waals surface area (Å²) in [5.41, 5.74) is 1.27. The van der Waals surface area contributed by atoms with Crippen molar-refractivity contribution in [2.75, 3.05) is 45.9 Å². The summed E-state index contributed by atoms with van der Waals surface area (Å²) in [7, 11) is 0. The van der Waals surface area contributed by atoms with Gasteiger partial charge in [0.1, 0.15) is 11.9 Å². The van der Waals surface area contributed by atoms with Crippen molar-refractivity contribution in [2.24, 2.45) is 0 Å². The monoisotopic (exact) mass is 324 g/mol. The Balaban J connectivity index is 1.52. The lowest BCUT2D eigenvalue weighted by Crippen LogP contribution is -2.44. The van der Waals surface area contributed by atoms with Gasteiger partial charge >= 0.3 is 0 Å². The van der Waals surface area contributed by atoms with Crippen LogP contribution >= 0.6 is 11.6 Å². The predicted molar refractivity (Wildman–Crippen MR) is 88.9 cm³/mol. The quantitative estimate of drug-likeness (QED) is 0.901. The fourth-order valence-corrected chi connectivity index (χ4v) is 3.25. The number of hydrogen-bond acceptors (Lipinski definition) is 4. The van der Waals surface area contributed by atoms with Crippen molar-refractivity contribution >= 4 is 11.6 Å². The van der Waals surface area contributed by atoms with E-state index in [4.69, 9.17) is 21.1 Å². The number of ether oxygens (including phenoxy) is 2. The van der Waals surface area contributed by atoms with E-state index in [-0.39, 0.29) is 6.10 Å². The van der Waals surface area contributed by atoms with Gasteiger partial charge in [-0.1, -0.05) is 17.7 Å². The summed E-state index contributed by atoms with van der Waals surface area (Å²) in [6.45, 7) is 7.06. The van der Waals surface area contributed by atoms with Crippen LogP contribution in [-0.4, -0.2) is 56.9 Å². The van der Waals surface area contributed by atoms with E-state index in [0.29, 0.717) is 11.6 Å². The average Bonchev–Trinajstić information content (AvgIpc) is 2.57. The maximum Gasteiger partial charge on any atom is 0.138 e. The van der Waals surface area contributed by atoms with Crippen molar-refractivity contribution in [1.82, 2.24) is 10.2 Å². The van der Waals surface area contributed by atoms with Crippen LogP contribution in [0, 0.1) is 0 Å². The Morgan fingerprint density at radius 3 is 2.91 bits per heavy atom. The van der Waals surface area contributed by atoms with Crippen LogP contribution in [0.2, 0.25) is 5.02 Å². The molecule has 0 aliphatic carbocycles. The highest BCUT2D eigenvalue weighted by Gasteiger charge is 2.17. The molecule has 2 aliphatic rings. The second kappa shape index (κ2) is 8.16. The van der Waals surface area contributed by atoms with Crippen molar-refractivity contribution in [2.45, 2.75) is 25.4 Å². The van der Waals surface area contributed by atoms with Gasteiger partial charge < -0.3 is 19.7 Å². The van der Waals surface area contributed by atoms with Crippen LogP contribution < -0.4 is 10.1 Å². The lowest BCUT2D eigenvalue weighted by Gasteiger charge is -2.27. The van der Waals surface area contributed by atoms with E-state index in [1.54, 1.807) is 0 Å². The molecular weight excluding hydrogens is 300 g/mol. The fraction of sp³-hybridized carbons (Fsp3) is 0.647. The van der Waals surface area contributed by atoms with Gasteiger partial charge in [-0.05, 0) is 37.0 Å². The third-order valence-corrected chi connectivity index (χ3v) is 4.63. The smallest absolute Gasteiger partial charge is 0.138 e. The van der Waals surface area contributed by atoms with E-state index < -0.39 is 0 Å². The molecule has 0 spiro atoms. The molecule has 2 fully saturated rings. The number of halogens is 1. The highest BCUT2D eigenvalue weighted by atomic mass is 35.5. The van der Waals surface area contributed by atoms with Gasteiger partial charge in [-0.2, -0.15) is 0 Å². The number of nitrogens with one attached hydrogen (secondary N) is 1. The number of nitrogens with zero attached hydrogens (tertiary/aromatic N) is 1. The summed E-state index contributed by atoms with van der Waals surface area (Å²) in [5, 5.41) is 4.09. The minimum atomic E-state index is 0.137. The van der Waals surface area contributed by atoms with E-state index in [9.17, 15) is 0 Å². The van der Waals surface area contributed by atoms with Gasteiger partial charge in [-0.15, -0.1) is 0 Å². The maximum absolute atomic E-state index is 6.38. The Kier molecular flexibility index (Phi) is 5.96. The number of hydrogen-bond donors (Lipinski definition) is 1. The molecule has 22 heavy (non-hydrogen) atoms. The van der Waals surface area contributed by atoms with E-state index in [1.165, 1.54) is 5.56 Å². The maximum atomic E-state index is 6.38. The van der Waals surface area contributed by atoms with E-state index in [0.717, 1.165) is 64.3 Å². The molecule has 2 saturated heterocycles. The first-order valence-electron chi connectivity index (χ1n) is 8.27. The summed E-state index contributed by atoms with van der Waals surface area (Å²) in [6, 6.07) is 6.18. The van der Waals surface area contributed by atoms with Crippen LogP contribution in [-0.2, 0) is 11.2 Å². The van der Waals surface area contributed by atoms with Gasteiger partial charge in [0.2, 0.25) is 0 Å². The van der Waals surface area contributed by atoms with E-state index in [2.05, 4.69) is 16.3 Å². The molecule has 1 aromatic carbocycles. The molecule has 1 atom stereocenters. The summed E-state index contributed by atoms with van der Waals surface area (Å²) in [5.74, 6) is 0.781. The van der Waals surface area contributed by atoms with Gasteiger partial charge in [0, 0.05) is 39.3 Å². The fourth-order valence-electron chi connectivity index (χ4n) is 3.00. The van der Waals surface area contributed by atoms with Crippen LogP contribution in [0.1, 0.15) is 18.4 Å². The number of piperazine rings is 1. The van der Waals surface area contributed by atoms with Crippen LogP contribution in [0.3, 0.4) is 0 Å².